The Kier molecular flexibility index (Phi) is 3.92. The second-order valence-electron chi connectivity index (χ2n) is 5.79. The lowest BCUT2D eigenvalue weighted by atomic mass is 10.0. The van der Waals surface area contributed by atoms with Crippen LogP contribution in [0.2, 0.25) is 0 Å². The summed E-state index contributed by atoms with van der Waals surface area (Å²) in [7, 11) is 0. The van der Waals surface area contributed by atoms with E-state index in [-0.39, 0.29) is 5.91 Å². The molecule has 4 nitrogen and oxygen atoms in total. The molecule has 1 atom stereocenters. The maximum atomic E-state index is 11.5. The fraction of sp³-hybridized carbons (Fsp3) is 0.562. The third-order valence-electron chi connectivity index (χ3n) is 4.32. The number of nitrogens with zero attached hydrogens (tertiary/aromatic N) is 1. The first-order valence-corrected chi connectivity index (χ1v) is 7.62. The van der Waals surface area contributed by atoms with Crippen LogP contribution in [0.4, 0.5) is 11.4 Å². The van der Waals surface area contributed by atoms with Gasteiger partial charge in [-0.3, -0.25) is 4.79 Å². The van der Waals surface area contributed by atoms with Crippen LogP contribution in [-0.4, -0.2) is 31.6 Å². The van der Waals surface area contributed by atoms with Gasteiger partial charge < -0.3 is 15.5 Å². The Morgan fingerprint density at radius 3 is 3.10 bits per heavy atom. The predicted molar refractivity (Wildman–Crippen MR) is 82.3 cm³/mol. The van der Waals surface area contributed by atoms with E-state index in [1.165, 1.54) is 30.5 Å². The molecule has 2 aliphatic rings. The smallest absolute Gasteiger partial charge is 0.223 e. The predicted octanol–water partition coefficient (Wildman–Crippen LogP) is 2.15. The molecule has 3 rings (SSSR count). The Morgan fingerprint density at radius 2 is 2.35 bits per heavy atom. The molecule has 2 heterocycles. The first kappa shape index (κ1) is 13.4. The molecule has 0 bridgehead atoms. The zero-order valence-corrected chi connectivity index (χ0v) is 12.1. The molecule has 1 unspecified atom stereocenters. The van der Waals surface area contributed by atoms with Gasteiger partial charge in [0, 0.05) is 37.4 Å². The van der Waals surface area contributed by atoms with E-state index in [1.54, 1.807) is 6.92 Å². The van der Waals surface area contributed by atoms with Gasteiger partial charge in [0.25, 0.3) is 0 Å². The number of hydrogen-bond donors (Lipinski definition) is 2. The fourth-order valence-electron chi connectivity index (χ4n) is 3.18. The van der Waals surface area contributed by atoms with Gasteiger partial charge in [0.2, 0.25) is 5.91 Å². The van der Waals surface area contributed by atoms with Gasteiger partial charge in [-0.15, -0.1) is 0 Å². The number of piperidine rings is 1. The van der Waals surface area contributed by atoms with Gasteiger partial charge in [0.15, 0.2) is 0 Å². The number of hydrogen-bond acceptors (Lipinski definition) is 3. The summed E-state index contributed by atoms with van der Waals surface area (Å²) in [5.41, 5.74) is 3.53. The number of carbonyl (C=O) groups is 1. The normalized spacial score (nSPS) is 21.6. The van der Waals surface area contributed by atoms with Crippen LogP contribution in [0.5, 0.6) is 0 Å². The van der Waals surface area contributed by atoms with E-state index in [2.05, 4.69) is 28.8 Å². The number of rotatable bonds is 3. The van der Waals surface area contributed by atoms with Crippen molar-refractivity contribution in [2.75, 3.05) is 29.9 Å². The Labute approximate surface area is 120 Å². The summed E-state index contributed by atoms with van der Waals surface area (Å²) in [6.45, 7) is 4.58. The van der Waals surface area contributed by atoms with E-state index in [0.717, 1.165) is 31.7 Å². The largest absolute Gasteiger partial charge is 0.383 e. The lowest BCUT2D eigenvalue weighted by Gasteiger charge is -2.24. The Hall–Kier alpha value is -1.55. The summed E-state index contributed by atoms with van der Waals surface area (Å²) in [6, 6.07) is 6.94. The van der Waals surface area contributed by atoms with Crippen molar-refractivity contribution < 1.29 is 4.79 Å². The lowest BCUT2D eigenvalue weighted by molar-refractivity contribution is -0.116. The monoisotopic (exact) mass is 273 g/mol. The molecule has 1 aromatic carbocycles. The summed E-state index contributed by atoms with van der Waals surface area (Å²) in [5, 5.41) is 7.07. The second-order valence-corrected chi connectivity index (χ2v) is 5.79. The summed E-state index contributed by atoms with van der Waals surface area (Å²) in [4.78, 5) is 13.4. The molecule has 0 spiro atoms. The second kappa shape index (κ2) is 5.83. The van der Waals surface area contributed by atoms with Gasteiger partial charge in [-0.25, -0.2) is 0 Å². The Bertz CT molecular complexity index is 494. The van der Waals surface area contributed by atoms with Crippen LogP contribution in [0, 0.1) is 0 Å². The molecular weight excluding hydrogens is 250 g/mol. The van der Waals surface area contributed by atoms with E-state index in [1.807, 2.05) is 4.90 Å². The van der Waals surface area contributed by atoms with Gasteiger partial charge in [0.05, 0.1) is 0 Å². The summed E-state index contributed by atoms with van der Waals surface area (Å²) in [5.74, 6) is 0.135. The van der Waals surface area contributed by atoms with E-state index in [4.69, 9.17) is 0 Å². The highest BCUT2D eigenvalue weighted by Gasteiger charge is 2.22. The third-order valence-corrected chi connectivity index (χ3v) is 4.32. The van der Waals surface area contributed by atoms with Crippen molar-refractivity contribution in [2.24, 2.45) is 0 Å². The molecule has 1 aromatic rings. The van der Waals surface area contributed by atoms with Crippen LogP contribution >= 0.6 is 0 Å². The van der Waals surface area contributed by atoms with Crippen molar-refractivity contribution in [2.45, 2.75) is 38.6 Å². The summed E-state index contributed by atoms with van der Waals surface area (Å²) in [6.07, 6.45) is 4.86. The van der Waals surface area contributed by atoms with Gasteiger partial charge in [-0.1, -0.05) is 6.42 Å². The standard InChI is InChI=1S/C16H23N3O/c1-12(20)19-9-7-13-10-14(5-6-16(13)19)18-11-15-4-2-3-8-17-15/h5-6,10,15,17-18H,2-4,7-9,11H2,1H3. The molecule has 1 amide bonds. The highest BCUT2D eigenvalue weighted by molar-refractivity contribution is 5.94. The van der Waals surface area contributed by atoms with Crippen LogP contribution in [0.25, 0.3) is 0 Å². The average molecular weight is 273 g/mol. The zero-order chi connectivity index (χ0) is 13.9. The highest BCUT2D eigenvalue weighted by atomic mass is 16.2. The van der Waals surface area contributed by atoms with Crippen LogP contribution < -0.4 is 15.5 Å². The van der Waals surface area contributed by atoms with Crippen LogP contribution in [0.15, 0.2) is 18.2 Å². The number of carbonyl (C=O) groups excluding carboxylic acids is 1. The molecule has 4 heteroatoms. The maximum Gasteiger partial charge on any atom is 0.223 e. The van der Waals surface area contributed by atoms with Crippen LogP contribution in [-0.2, 0) is 11.2 Å². The number of amides is 1. The van der Waals surface area contributed by atoms with Crippen molar-refractivity contribution >= 4 is 17.3 Å². The third kappa shape index (κ3) is 2.80. The first-order chi connectivity index (χ1) is 9.74. The minimum atomic E-state index is 0.135. The first-order valence-electron chi connectivity index (χ1n) is 7.62. The topological polar surface area (TPSA) is 44.4 Å². The van der Waals surface area contributed by atoms with Crippen molar-refractivity contribution in [3.05, 3.63) is 23.8 Å². The lowest BCUT2D eigenvalue weighted by Crippen LogP contribution is -2.39. The molecule has 0 saturated carbocycles. The van der Waals surface area contributed by atoms with Crippen LogP contribution in [0.3, 0.4) is 0 Å². The zero-order valence-electron chi connectivity index (χ0n) is 12.1. The molecular formula is C16H23N3O. The Balaban J connectivity index is 1.63. The van der Waals surface area contributed by atoms with Crippen LogP contribution in [0.1, 0.15) is 31.7 Å². The minimum absolute atomic E-state index is 0.135. The van der Waals surface area contributed by atoms with Gasteiger partial charge in [-0.2, -0.15) is 0 Å². The number of fused-ring (bicyclic) bond motifs is 1. The quantitative estimate of drug-likeness (QED) is 0.887. The minimum Gasteiger partial charge on any atom is -0.383 e. The van der Waals surface area contributed by atoms with Gasteiger partial charge in [-0.05, 0) is 49.6 Å². The van der Waals surface area contributed by atoms with E-state index in [9.17, 15) is 4.79 Å². The van der Waals surface area contributed by atoms with E-state index < -0.39 is 0 Å². The number of benzene rings is 1. The van der Waals surface area contributed by atoms with Gasteiger partial charge in [0.1, 0.15) is 0 Å². The van der Waals surface area contributed by atoms with Crippen molar-refractivity contribution in [3.8, 4) is 0 Å². The van der Waals surface area contributed by atoms with Crippen molar-refractivity contribution in [3.63, 3.8) is 0 Å². The molecule has 0 radical (unpaired) electrons. The molecule has 2 aliphatic heterocycles. The van der Waals surface area contributed by atoms with Crippen molar-refractivity contribution in [1.82, 2.24) is 5.32 Å². The molecule has 20 heavy (non-hydrogen) atoms. The van der Waals surface area contributed by atoms with Crippen molar-refractivity contribution in [1.29, 1.82) is 0 Å². The fourth-order valence-corrected chi connectivity index (χ4v) is 3.18. The number of nitrogens with one attached hydrogen (secondary N) is 2. The highest BCUT2D eigenvalue weighted by Crippen LogP contribution is 2.30. The average Bonchev–Trinajstić information content (AvgIpc) is 2.89. The van der Waals surface area contributed by atoms with E-state index in [0.29, 0.717) is 6.04 Å². The Morgan fingerprint density at radius 1 is 1.45 bits per heavy atom. The molecule has 0 aromatic heterocycles. The summed E-state index contributed by atoms with van der Waals surface area (Å²) < 4.78 is 0. The molecule has 1 fully saturated rings. The van der Waals surface area contributed by atoms with Gasteiger partial charge >= 0.3 is 0 Å². The molecule has 1 saturated heterocycles. The molecule has 0 aliphatic carbocycles. The number of anilines is 2. The molecule has 2 N–H and O–H groups in total. The summed E-state index contributed by atoms with van der Waals surface area (Å²) >= 11 is 0. The SMILES string of the molecule is CC(=O)N1CCc2cc(NCC3CCCCN3)ccc21. The van der Waals surface area contributed by atoms with E-state index >= 15 is 0 Å². The maximum absolute atomic E-state index is 11.5. The molecule has 108 valence electrons.